The summed E-state index contributed by atoms with van der Waals surface area (Å²) in [6.07, 6.45) is 0.854. The van der Waals surface area contributed by atoms with Crippen molar-refractivity contribution in [2.24, 2.45) is 10.2 Å². The molecule has 0 spiro atoms. The fourth-order valence-corrected chi connectivity index (χ4v) is 3.98. The quantitative estimate of drug-likeness (QED) is 0.205. The van der Waals surface area contributed by atoms with Crippen LogP contribution in [0.4, 0.5) is 5.69 Å². The van der Waals surface area contributed by atoms with E-state index in [1.165, 1.54) is 11.1 Å². The van der Waals surface area contributed by atoms with Crippen LogP contribution in [0.25, 0.3) is 0 Å². The van der Waals surface area contributed by atoms with Crippen LogP contribution in [0.5, 0.6) is 0 Å². The van der Waals surface area contributed by atoms with E-state index in [2.05, 4.69) is 72.1 Å². The molecule has 0 fully saturated rings. The molecule has 152 valence electrons. The van der Waals surface area contributed by atoms with Crippen LogP contribution in [-0.2, 0) is 12.3 Å². The van der Waals surface area contributed by atoms with Gasteiger partial charge in [-0.15, -0.1) is 5.10 Å². The molecule has 0 N–H and O–H groups in total. The molecule has 3 rings (SSSR count). The maximum absolute atomic E-state index is 10.9. The van der Waals surface area contributed by atoms with Gasteiger partial charge in [-0.25, -0.2) is 0 Å². The van der Waals surface area contributed by atoms with Crippen molar-refractivity contribution in [3.05, 3.63) is 101 Å². The highest BCUT2D eigenvalue weighted by molar-refractivity contribution is 8.13. The van der Waals surface area contributed by atoms with Gasteiger partial charge >= 0.3 is 0 Å². The Balaban J connectivity index is 1.89. The third-order valence-corrected chi connectivity index (χ3v) is 5.78. The third kappa shape index (κ3) is 5.67. The van der Waals surface area contributed by atoms with Crippen molar-refractivity contribution in [1.82, 2.24) is 0 Å². The lowest BCUT2D eigenvalue weighted by Crippen LogP contribution is -2.29. The predicted octanol–water partition coefficient (Wildman–Crippen LogP) is 6.03. The normalized spacial score (nSPS) is 11.2. The molecule has 3 aromatic rings. The zero-order valence-electron chi connectivity index (χ0n) is 17.3. The summed E-state index contributed by atoms with van der Waals surface area (Å²) in [5.41, 5.74) is 6.46. The van der Waals surface area contributed by atoms with E-state index in [9.17, 15) is 4.79 Å². The molecule has 0 unspecified atom stereocenters. The molecule has 0 aliphatic heterocycles. The Kier molecular flexibility index (Phi) is 7.57. The molecule has 30 heavy (non-hydrogen) atoms. The van der Waals surface area contributed by atoms with Crippen molar-refractivity contribution in [2.75, 3.05) is 4.90 Å². The average Bonchev–Trinajstić information content (AvgIpc) is 2.77. The summed E-state index contributed by atoms with van der Waals surface area (Å²) >= 11 is 1.60. The third-order valence-electron chi connectivity index (χ3n) is 4.74. The number of amidine groups is 1. The minimum absolute atomic E-state index is 0.673. The molecule has 0 aliphatic carbocycles. The van der Waals surface area contributed by atoms with Crippen molar-refractivity contribution in [2.45, 2.75) is 26.1 Å². The Morgan fingerprint density at radius 1 is 0.967 bits per heavy atom. The van der Waals surface area contributed by atoms with E-state index in [1.54, 1.807) is 11.8 Å². The topological polar surface area (TPSA) is 45.0 Å². The highest BCUT2D eigenvalue weighted by Gasteiger charge is 2.17. The van der Waals surface area contributed by atoms with Gasteiger partial charge in [0.25, 0.3) is 0 Å². The summed E-state index contributed by atoms with van der Waals surface area (Å²) in [4.78, 5) is 13.1. The number of nitrogens with zero attached hydrogens (tertiary/aromatic N) is 3. The molecule has 0 atom stereocenters. The molecule has 4 nitrogen and oxygen atoms in total. The standard InChI is InChI=1S/C25H25N3OS/c1-19-8-10-21(11-9-19)16-28(24-7-5-4-6-20(24)2)25(27-26-3)30-18-23-14-12-22(17-29)13-15-23/h4-15,17H,3,16,18H2,1-2H3/b27-25+. The van der Waals surface area contributed by atoms with Crippen LogP contribution < -0.4 is 4.90 Å². The lowest BCUT2D eigenvalue weighted by Gasteiger charge is -2.27. The van der Waals surface area contributed by atoms with Crippen molar-refractivity contribution in [3.8, 4) is 0 Å². The van der Waals surface area contributed by atoms with Crippen LogP contribution in [-0.4, -0.2) is 18.2 Å². The molecule has 0 amide bonds. The molecule has 0 saturated heterocycles. The number of aldehydes is 1. The molecule has 0 bridgehead atoms. The number of para-hydroxylation sites is 1. The van der Waals surface area contributed by atoms with Crippen molar-refractivity contribution in [3.63, 3.8) is 0 Å². The molecular weight excluding hydrogens is 390 g/mol. The first-order valence-electron chi connectivity index (χ1n) is 9.70. The van der Waals surface area contributed by atoms with Crippen LogP contribution in [0.2, 0.25) is 0 Å². The van der Waals surface area contributed by atoms with E-state index >= 15 is 0 Å². The minimum Gasteiger partial charge on any atom is -0.315 e. The van der Waals surface area contributed by atoms with Gasteiger partial charge in [-0.2, -0.15) is 5.10 Å². The van der Waals surface area contributed by atoms with E-state index in [-0.39, 0.29) is 0 Å². The van der Waals surface area contributed by atoms with Gasteiger partial charge in [0, 0.05) is 23.7 Å². The molecule has 0 aliphatic rings. The summed E-state index contributed by atoms with van der Waals surface area (Å²) in [6.45, 7) is 8.44. The molecule has 0 radical (unpaired) electrons. The second-order valence-electron chi connectivity index (χ2n) is 7.03. The summed E-state index contributed by atoms with van der Waals surface area (Å²) in [7, 11) is 0. The fraction of sp³-hybridized carbons (Fsp3) is 0.160. The maximum Gasteiger partial charge on any atom is 0.190 e. The number of rotatable bonds is 7. The van der Waals surface area contributed by atoms with E-state index < -0.39 is 0 Å². The Morgan fingerprint density at radius 3 is 2.27 bits per heavy atom. The fourth-order valence-electron chi connectivity index (χ4n) is 3.06. The molecule has 0 saturated carbocycles. The van der Waals surface area contributed by atoms with E-state index in [0.717, 1.165) is 28.3 Å². The van der Waals surface area contributed by atoms with Crippen LogP contribution in [0, 0.1) is 13.8 Å². The Hall–Kier alpha value is -3.18. The van der Waals surface area contributed by atoms with Gasteiger partial charge in [-0.3, -0.25) is 4.79 Å². The van der Waals surface area contributed by atoms with Gasteiger partial charge in [0.15, 0.2) is 5.17 Å². The van der Waals surface area contributed by atoms with E-state index in [1.807, 2.05) is 36.4 Å². The summed E-state index contributed by atoms with van der Waals surface area (Å²) in [5.74, 6) is 0.712. The van der Waals surface area contributed by atoms with E-state index in [0.29, 0.717) is 17.9 Å². The van der Waals surface area contributed by atoms with Crippen molar-refractivity contribution < 1.29 is 4.79 Å². The molecule has 0 heterocycles. The Bertz CT molecular complexity index is 1030. The number of aryl methyl sites for hydroxylation is 2. The first-order valence-corrected chi connectivity index (χ1v) is 10.7. The van der Waals surface area contributed by atoms with Crippen LogP contribution in [0.15, 0.2) is 83.0 Å². The van der Waals surface area contributed by atoms with Crippen molar-refractivity contribution >= 4 is 35.6 Å². The van der Waals surface area contributed by atoms with Crippen LogP contribution in [0.1, 0.15) is 32.6 Å². The minimum atomic E-state index is 0.673. The molecular formula is C25H25N3OS. The zero-order valence-corrected chi connectivity index (χ0v) is 18.1. The van der Waals surface area contributed by atoms with Gasteiger partial charge in [-0.05, 0) is 36.6 Å². The second kappa shape index (κ2) is 10.6. The number of hydrogen-bond acceptors (Lipinski definition) is 4. The summed E-state index contributed by atoms with van der Waals surface area (Å²) in [6, 6.07) is 24.4. The van der Waals surface area contributed by atoms with Gasteiger partial charge in [0.2, 0.25) is 0 Å². The Morgan fingerprint density at radius 2 is 1.63 bits per heavy atom. The smallest absolute Gasteiger partial charge is 0.190 e. The van der Waals surface area contributed by atoms with E-state index in [4.69, 9.17) is 0 Å². The first kappa shape index (κ1) is 21.5. The van der Waals surface area contributed by atoms with Gasteiger partial charge < -0.3 is 4.90 Å². The summed E-state index contributed by atoms with van der Waals surface area (Å²) < 4.78 is 0. The largest absolute Gasteiger partial charge is 0.315 e. The number of anilines is 1. The van der Waals surface area contributed by atoms with Crippen LogP contribution in [0.3, 0.4) is 0 Å². The maximum atomic E-state index is 10.9. The lowest BCUT2D eigenvalue weighted by molar-refractivity contribution is 0.112. The lowest BCUT2D eigenvalue weighted by atomic mass is 10.1. The number of benzene rings is 3. The van der Waals surface area contributed by atoms with Gasteiger partial charge in [0.05, 0.1) is 6.54 Å². The van der Waals surface area contributed by atoms with Gasteiger partial charge in [-0.1, -0.05) is 84.1 Å². The highest BCUT2D eigenvalue weighted by atomic mass is 32.2. The monoisotopic (exact) mass is 415 g/mol. The van der Waals surface area contributed by atoms with Crippen LogP contribution >= 0.6 is 11.8 Å². The van der Waals surface area contributed by atoms with Crippen molar-refractivity contribution in [1.29, 1.82) is 0 Å². The average molecular weight is 416 g/mol. The zero-order chi connectivity index (χ0) is 21.3. The SMILES string of the molecule is C=N/N=C(/SCc1ccc(C=O)cc1)N(Cc1ccc(C)cc1)c1ccccc1C. The van der Waals surface area contributed by atoms with Gasteiger partial charge in [0.1, 0.15) is 6.29 Å². The predicted molar refractivity (Wildman–Crippen MR) is 129 cm³/mol. The molecule has 3 aromatic carbocycles. The molecule has 0 aromatic heterocycles. The number of carbonyl (C=O) groups is 1. The second-order valence-corrected chi connectivity index (χ2v) is 7.97. The number of carbonyl (C=O) groups excluding carboxylic acids is 1. The number of hydrogen-bond donors (Lipinski definition) is 0. The Labute approximate surface area is 182 Å². The number of thioether (sulfide) groups is 1. The first-order chi connectivity index (χ1) is 14.6. The summed E-state index contributed by atoms with van der Waals surface area (Å²) in [5, 5.41) is 8.98. The molecule has 5 heteroatoms. The highest BCUT2D eigenvalue weighted by Crippen LogP contribution is 2.27.